The molecule has 2 amide bonds. The van der Waals surface area contributed by atoms with Crippen molar-refractivity contribution in [1.82, 2.24) is 5.32 Å². The molecule has 0 aliphatic carbocycles. The average molecular weight is 331 g/mol. The zero-order chi connectivity index (χ0) is 17.5. The number of carbonyl (C=O) groups is 2. The van der Waals surface area contributed by atoms with Gasteiger partial charge in [-0.1, -0.05) is 17.3 Å². The number of rotatable bonds is 6. The van der Waals surface area contributed by atoms with Crippen LogP contribution in [0.15, 0.2) is 29.4 Å². The van der Waals surface area contributed by atoms with Gasteiger partial charge in [-0.25, -0.2) is 0 Å². The molecule has 0 aliphatic rings. The molecule has 23 heavy (non-hydrogen) atoms. The molecule has 126 valence electrons. The number of carbonyl (C=O) groups excluding carboxylic acids is 2. The fourth-order valence-electron chi connectivity index (χ4n) is 1.49. The number of alkyl halides is 3. The molecule has 6 nitrogen and oxygen atoms in total. The standard InChI is InChI=1S/C14H16F3N3O3/c1-9(11-3-5-12(6-4-11)19-10(2)21)20-23-7-13(22)18-8-14(15,16)17/h3-6H,7-8H2,1-2H3,(H,18,22)(H,19,21). The molecule has 1 aromatic carbocycles. The molecule has 0 atom stereocenters. The van der Waals surface area contributed by atoms with Crippen molar-refractivity contribution in [3.8, 4) is 0 Å². The smallest absolute Gasteiger partial charge is 0.385 e. The highest BCUT2D eigenvalue weighted by molar-refractivity contribution is 5.99. The lowest BCUT2D eigenvalue weighted by Crippen LogP contribution is -2.35. The third-order valence-electron chi connectivity index (χ3n) is 2.51. The molecule has 9 heteroatoms. The van der Waals surface area contributed by atoms with Crippen LogP contribution >= 0.6 is 0 Å². The summed E-state index contributed by atoms with van der Waals surface area (Å²) in [5, 5.41) is 7.92. The van der Waals surface area contributed by atoms with Crippen molar-refractivity contribution in [2.45, 2.75) is 20.0 Å². The molecule has 0 aromatic heterocycles. The van der Waals surface area contributed by atoms with E-state index in [0.717, 1.165) is 0 Å². The van der Waals surface area contributed by atoms with Crippen LogP contribution in [0.5, 0.6) is 0 Å². The molecule has 0 saturated heterocycles. The van der Waals surface area contributed by atoms with Crippen LogP contribution < -0.4 is 10.6 Å². The van der Waals surface area contributed by atoms with Crippen molar-refractivity contribution in [2.24, 2.45) is 5.16 Å². The maximum absolute atomic E-state index is 11.9. The summed E-state index contributed by atoms with van der Waals surface area (Å²) in [6.07, 6.45) is -4.47. The summed E-state index contributed by atoms with van der Waals surface area (Å²) >= 11 is 0. The van der Waals surface area contributed by atoms with Gasteiger partial charge < -0.3 is 15.5 Å². The van der Waals surface area contributed by atoms with Gasteiger partial charge in [0.1, 0.15) is 6.54 Å². The first-order valence-electron chi connectivity index (χ1n) is 6.55. The molecular formula is C14H16F3N3O3. The minimum Gasteiger partial charge on any atom is -0.385 e. The summed E-state index contributed by atoms with van der Waals surface area (Å²) < 4.78 is 35.7. The summed E-state index contributed by atoms with van der Waals surface area (Å²) in [6.45, 7) is 0.971. The summed E-state index contributed by atoms with van der Waals surface area (Å²) in [5.74, 6) is -1.11. The number of oxime groups is 1. The van der Waals surface area contributed by atoms with Gasteiger partial charge in [0.05, 0.1) is 5.71 Å². The lowest BCUT2D eigenvalue weighted by Gasteiger charge is -2.08. The van der Waals surface area contributed by atoms with Crippen molar-refractivity contribution in [1.29, 1.82) is 0 Å². The van der Waals surface area contributed by atoms with E-state index < -0.39 is 25.2 Å². The largest absolute Gasteiger partial charge is 0.405 e. The maximum Gasteiger partial charge on any atom is 0.405 e. The van der Waals surface area contributed by atoms with E-state index in [9.17, 15) is 22.8 Å². The van der Waals surface area contributed by atoms with Gasteiger partial charge in [0, 0.05) is 12.6 Å². The molecule has 0 fully saturated rings. The molecule has 0 heterocycles. The number of amides is 2. The minimum absolute atomic E-state index is 0.198. The molecular weight excluding hydrogens is 315 g/mol. The Hall–Kier alpha value is -2.58. The highest BCUT2D eigenvalue weighted by atomic mass is 19.4. The van der Waals surface area contributed by atoms with E-state index in [2.05, 4.69) is 10.5 Å². The van der Waals surface area contributed by atoms with Gasteiger partial charge in [-0.2, -0.15) is 13.2 Å². The monoisotopic (exact) mass is 331 g/mol. The fourth-order valence-corrected chi connectivity index (χ4v) is 1.49. The quantitative estimate of drug-likeness (QED) is 0.618. The molecule has 0 radical (unpaired) electrons. The number of hydrogen-bond acceptors (Lipinski definition) is 4. The first-order chi connectivity index (χ1) is 10.7. The van der Waals surface area contributed by atoms with Crippen molar-refractivity contribution < 1.29 is 27.6 Å². The van der Waals surface area contributed by atoms with Gasteiger partial charge in [-0.05, 0) is 24.6 Å². The van der Waals surface area contributed by atoms with Crippen LogP contribution in [0.3, 0.4) is 0 Å². The topological polar surface area (TPSA) is 79.8 Å². The highest BCUT2D eigenvalue weighted by Gasteiger charge is 2.27. The van der Waals surface area contributed by atoms with Crippen LogP contribution in [-0.2, 0) is 14.4 Å². The van der Waals surface area contributed by atoms with E-state index in [-0.39, 0.29) is 5.91 Å². The Labute approximate surface area is 130 Å². The molecule has 0 aliphatic heterocycles. The van der Waals surface area contributed by atoms with Crippen molar-refractivity contribution in [3.05, 3.63) is 29.8 Å². The second-order valence-electron chi connectivity index (χ2n) is 4.60. The SMILES string of the molecule is CC(=O)Nc1ccc(C(C)=NOCC(=O)NCC(F)(F)F)cc1. The third-order valence-corrected chi connectivity index (χ3v) is 2.51. The number of anilines is 1. The summed E-state index contributed by atoms with van der Waals surface area (Å²) in [6, 6.07) is 6.67. The Balaban J connectivity index is 2.47. The van der Waals surface area contributed by atoms with Gasteiger partial charge in [0.2, 0.25) is 5.91 Å². The molecule has 0 bridgehead atoms. The molecule has 1 rings (SSSR count). The number of hydrogen-bond donors (Lipinski definition) is 2. The van der Waals surface area contributed by atoms with E-state index >= 15 is 0 Å². The van der Waals surface area contributed by atoms with Gasteiger partial charge in [-0.3, -0.25) is 9.59 Å². The van der Waals surface area contributed by atoms with Crippen LogP contribution in [0.2, 0.25) is 0 Å². The van der Waals surface area contributed by atoms with Crippen molar-refractivity contribution >= 4 is 23.2 Å². The second-order valence-corrected chi connectivity index (χ2v) is 4.60. The van der Waals surface area contributed by atoms with Crippen LogP contribution in [-0.4, -0.2) is 36.9 Å². The lowest BCUT2D eigenvalue weighted by atomic mass is 10.1. The van der Waals surface area contributed by atoms with Crippen LogP contribution in [0.1, 0.15) is 19.4 Å². The van der Waals surface area contributed by atoms with E-state index in [0.29, 0.717) is 17.0 Å². The highest BCUT2D eigenvalue weighted by Crippen LogP contribution is 2.12. The number of benzene rings is 1. The van der Waals surface area contributed by atoms with Crippen molar-refractivity contribution in [2.75, 3.05) is 18.5 Å². The van der Waals surface area contributed by atoms with E-state index in [4.69, 9.17) is 4.84 Å². The second kappa shape index (κ2) is 8.16. The molecule has 0 unspecified atom stereocenters. The Morgan fingerprint density at radius 2 is 1.78 bits per heavy atom. The molecule has 2 N–H and O–H groups in total. The normalized spacial score (nSPS) is 11.8. The molecule has 0 saturated carbocycles. The summed E-state index contributed by atoms with van der Waals surface area (Å²) in [4.78, 5) is 26.7. The Morgan fingerprint density at radius 3 is 2.30 bits per heavy atom. The van der Waals surface area contributed by atoms with Gasteiger partial charge in [-0.15, -0.1) is 0 Å². The fraction of sp³-hybridized carbons (Fsp3) is 0.357. The Morgan fingerprint density at radius 1 is 1.17 bits per heavy atom. The summed E-state index contributed by atoms with van der Waals surface area (Å²) in [5.41, 5.74) is 1.72. The molecule has 1 aromatic rings. The number of halogens is 3. The zero-order valence-corrected chi connectivity index (χ0v) is 12.5. The maximum atomic E-state index is 11.9. The first-order valence-corrected chi connectivity index (χ1v) is 6.55. The minimum atomic E-state index is -4.47. The summed E-state index contributed by atoms with van der Waals surface area (Å²) in [7, 11) is 0. The zero-order valence-electron chi connectivity index (χ0n) is 12.5. The van der Waals surface area contributed by atoms with Gasteiger partial charge >= 0.3 is 6.18 Å². The predicted octanol–water partition coefficient (Wildman–Crippen LogP) is 2.06. The molecule has 0 spiro atoms. The van der Waals surface area contributed by atoms with Crippen LogP contribution in [0, 0.1) is 0 Å². The van der Waals surface area contributed by atoms with E-state index in [1.807, 2.05) is 0 Å². The van der Waals surface area contributed by atoms with E-state index in [1.165, 1.54) is 6.92 Å². The van der Waals surface area contributed by atoms with Gasteiger partial charge in [0.25, 0.3) is 5.91 Å². The Kier molecular flexibility index (Phi) is 6.55. The van der Waals surface area contributed by atoms with Gasteiger partial charge in [0.15, 0.2) is 6.61 Å². The van der Waals surface area contributed by atoms with Crippen LogP contribution in [0.4, 0.5) is 18.9 Å². The number of nitrogens with zero attached hydrogens (tertiary/aromatic N) is 1. The average Bonchev–Trinajstić information content (AvgIpc) is 2.44. The Bertz CT molecular complexity index is 583. The lowest BCUT2D eigenvalue weighted by molar-refractivity contribution is -0.141. The first kappa shape index (κ1) is 18.5. The predicted molar refractivity (Wildman–Crippen MR) is 78.0 cm³/mol. The third kappa shape index (κ3) is 7.84. The van der Waals surface area contributed by atoms with E-state index in [1.54, 1.807) is 36.5 Å². The van der Waals surface area contributed by atoms with Crippen molar-refractivity contribution in [3.63, 3.8) is 0 Å². The number of nitrogens with one attached hydrogen (secondary N) is 2. The van der Waals surface area contributed by atoms with Crippen LogP contribution in [0.25, 0.3) is 0 Å².